The highest BCUT2D eigenvalue weighted by Gasteiger charge is 2.12. The minimum Gasteiger partial charge on any atom is -0.481 e. The minimum absolute atomic E-state index is 0.538. The number of benzene rings is 1. The molecule has 0 aliphatic heterocycles. The summed E-state index contributed by atoms with van der Waals surface area (Å²) < 4.78 is 5.23. The fourth-order valence-electron chi connectivity index (χ4n) is 2.26. The monoisotopic (exact) mass is 272 g/mol. The van der Waals surface area contributed by atoms with Crippen LogP contribution in [0.1, 0.15) is 16.7 Å². The van der Waals surface area contributed by atoms with E-state index in [0.717, 1.165) is 23.5 Å². The summed E-state index contributed by atoms with van der Waals surface area (Å²) in [7, 11) is 3.62. The van der Waals surface area contributed by atoms with Crippen LogP contribution in [0, 0.1) is 6.92 Å². The molecule has 20 heavy (non-hydrogen) atoms. The number of hydrogen-bond donors (Lipinski definition) is 1. The lowest BCUT2D eigenvalue weighted by atomic mass is 10.1. The van der Waals surface area contributed by atoms with E-state index in [2.05, 4.69) is 27.0 Å². The van der Waals surface area contributed by atoms with E-state index in [9.17, 15) is 0 Å². The first-order valence-corrected chi connectivity index (χ1v) is 6.51. The van der Waals surface area contributed by atoms with Crippen molar-refractivity contribution >= 4 is 5.82 Å². The van der Waals surface area contributed by atoms with Gasteiger partial charge in [0.1, 0.15) is 12.1 Å². The molecule has 0 unspecified atom stereocenters. The zero-order chi connectivity index (χ0) is 14.5. The largest absolute Gasteiger partial charge is 0.481 e. The average Bonchev–Trinajstić information content (AvgIpc) is 2.48. The van der Waals surface area contributed by atoms with Gasteiger partial charge >= 0.3 is 0 Å². The summed E-state index contributed by atoms with van der Waals surface area (Å²) in [5.74, 6) is 1.47. The minimum atomic E-state index is 0.538. The predicted molar refractivity (Wildman–Crippen MR) is 79.8 cm³/mol. The van der Waals surface area contributed by atoms with Crippen molar-refractivity contribution in [3.8, 4) is 5.88 Å². The van der Waals surface area contributed by atoms with Crippen LogP contribution < -0.4 is 15.4 Å². The lowest BCUT2D eigenvalue weighted by molar-refractivity contribution is 0.393. The third kappa shape index (κ3) is 2.88. The molecule has 0 aliphatic rings. The smallest absolute Gasteiger partial charge is 0.221 e. The Kier molecular flexibility index (Phi) is 4.53. The molecule has 5 nitrogen and oxygen atoms in total. The Balaban J connectivity index is 2.26. The molecule has 0 fully saturated rings. The molecule has 0 radical (unpaired) electrons. The topological polar surface area (TPSA) is 64.3 Å². The Morgan fingerprint density at radius 3 is 2.55 bits per heavy atom. The van der Waals surface area contributed by atoms with Gasteiger partial charge in [0.05, 0.1) is 12.7 Å². The highest BCUT2D eigenvalue weighted by Crippen LogP contribution is 2.24. The van der Waals surface area contributed by atoms with Gasteiger partial charge in [0.2, 0.25) is 5.88 Å². The van der Waals surface area contributed by atoms with E-state index in [1.54, 1.807) is 7.11 Å². The number of nitrogens with two attached hydrogens (primary N) is 1. The van der Waals surface area contributed by atoms with Gasteiger partial charge in [-0.15, -0.1) is 0 Å². The molecular formula is C15H20N4O. The van der Waals surface area contributed by atoms with Gasteiger partial charge in [-0.2, -0.15) is 0 Å². The molecule has 106 valence electrons. The highest BCUT2D eigenvalue weighted by molar-refractivity contribution is 5.50. The van der Waals surface area contributed by atoms with Crippen molar-refractivity contribution in [1.82, 2.24) is 9.97 Å². The van der Waals surface area contributed by atoms with E-state index >= 15 is 0 Å². The Bertz CT molecular complexity index is 586. The standard InChI is InChI=1S/C15H20N4O/c1-11-14(17-10-18-15(11)20-3)19(2)9-13-7-5-4-6-12(13)8-16/h4-7,10H,8-9,16H2,1-3H3. The van der Waals surface area contributed by atoms with E-state index < -0.39 is 0 Å². The van der Waals surface area contributed by atoms with Gasteiger partial charge in [-0.05, 0) is 18.1 Å². The van der Waals surface area contributed by atoms with Gasteiger partial charge in [0, 0.05) is 20.1 Å². The number of ether oxygens (including phenoxy) is 1. The summed E-state index contributed by atoms with van der Waals surface area (Å²) in [5, 5.41) is 0. The van der Waals surface area contributed by atoms with E-state index in [0.29, 0.717) is 12.4 Å². The van der Waals surface area contributed by atoms with Gasteiger partial charge < -0.3 is 15.4 Å². The fourth-order valence-corrected chi connectivity index (χ4v) is 2.26. The van der Waals surface area contributed by atoms with Crippen molar-refractivity contribution in [1.29, 1.82) is 0 Å². The number of nitrogens with zero attached hydrogens (tertiary/aromatic N) is 3. The SMILES string of the molecule is COc1ncnc(N(C)Cc2ccccc2CN)c1C. The van der Waals surface area contributed by atoms with Gasteiger partial charge in [-0.1, -0.05) is 24.3 Å². The Hall–Kier alpha value is -2.14. The molecule has 0 spiro atoms. The van der Waals surface area contributed by atoms with Gasteiger partial charge in [0.25, 0.3) is 0 Å². The van der Waals surface area contributed by atoms with E-state index in [-0.39, 0.29) is 0 Å². The lowest BCUT2D eigenvalue weighted by Gasteiger charge is -2.22. The maximum Gasteiger partial charge on any atom is 0.221 e. The van der Waals surface area contributed by atoms with Crippen molar-refractivity contribution in [3.05, 3.63) is 47.3 Å². The highest BCUT2D eigenvalue weighted by atomic mass is 16.5. The molecule has 5 heteroatoms. The van der Waals surface area contributed by atoms with Gasteiger partial charge in [-0.25, -0.2) is 9.97 Å². The molecule has 1 aromatic carbocycles. The first-order chi connectivity index (χ1) is 9.67. The van der Waals surface area contributed by atoms with Crippen molar-refractivity contribution in [2.45, 2.75) is 20.0 Å². The molecule has 0 saturated heterocycles. The van der Waals surface area contributed by atoms with Crippen molar-refractivity contribution < 1.29 is 4.74 Å². The number of rotatable bonds is 5. The summed E-state index contributed by atoms with van der Waals surface area (Å²) >= 11 is 0. The maximum atomic E-state index is 5.78. The van der Waals surface area contributed by atoms with Crippen molar-refractivity contribution in [3.63, 3.8) is 0 Å². The molecule has 0 saturated carbocycles. The van der Waals surface area contributed by atoms with Crippen LogP contribution in [0.4, 0.5) is 5.82 Å². The number of hydrogen-bond acceptors (Lipinski definition) is 5. The van der Waals surface area contributed by atoms with Crippen LogP contribution in [0.2, 0.25) is 0 Å². The number of methoxy groups -OCH3 is 1. The zero-order valence-electron chi connectivity index (χ0n) is 12.1. The van der Waals surface area contributed by atoms with Crippen LogP contribution in [0.5, 0.6) is 5.88 Å². The Morgan fingerprint density at radius 1 is 1.20 bits per heavy atom. The second-order valence-corrected chi connectivity index (χ2v) is 4.66. The molecule has 1 heterocycles. The first-order valence-electron chi connectivity index (χ1n) is 6.51. The van der Waals surface area contributed by atoms with Crippen molar-refractivity contribution in [2.75, 3.05) is 19.1 Å². The quantitative estimate of drug-likeness (QED) is 0.900. The second-order valence-electron chi connectivity index (χ2n) is 4.66. The van der Waals surface area contributed by atoms with Crippen molar-refractivity contribution in [2.24, 2.45) is 5.73 Å². The molecule has 2 rings (SSSR count). The van der Waals surface area contributed by atoms with E-state index in [4.69, 9.17) is 10.5 Å². The third-order valence-electron chi connectivity index (χ3n) is 3.31. The molecule has 0 amide bonds. The van der Waals surface area contributed by atoms with Gasteiger partial charge in [-0.3, -0.25) is 0 Å². The predicted octanol–water partition coefficient (Wildman–Crippen LogP) is 1.89. The number of anilines is 1. The van der Waals surface area contributed by atoms with Crippen LogP contribution in [0.25, 0.3) is 0 Å². The molecule has 2 aromatic rings. The molecule has 1 aromatic heterocycles. The second kappa shape index (κ2) is 6.34. The molecule has 2 N–H and O–H groups in total. The summed E-state index contributed by atoms with van der Waals surface area (Å²) in [6, 6.07) is 8.17. The summed E-state index contributed by atoms with van der Waals surface area (Å²) in [6.45, 7) is 3.24. The van der Waals surface area contributed by atoms with E-state index in [1.165, 1.54) is 11.9 Å². The fraction of sp³-hybridized carbons (Fsp3) is 0.333. The van der Waals surface area contributed by atoms with Crippen LogP contribution in [-0.4, -0.2) is 24.1 Å². The molecular weight excluding hydrogens is 252 g/mol. The van der Waals surface area contributed by atoms with Gasteiger partial charge in [0.15, 0.2) is 0 Å². The summed E-state index contributed by atoms with van der Waals surface area (Å²) in [5.41, 5.74) is 9.06. The van der Waals surface area contributed by atoms with Crippen LogP contribution in [-0.2, 0) is 13.1 Å². The van der Waals surface area contributed by atoms with Crippen LogP contribution in [0.15, 0.2) is 30.6 Å². The summed E-state index contributed by atoms with van der Waals surface area (Å²) in [4.78, 5) is 10.5. The Morgan fingerprint density at radius 2 is 1.90 bits per heavy atom. The van der Waals surface area contributed by atoms with Crippen LogP contribution in [0.3, 0.4) is 0 Å². The zero-order valence-corrected chi connectivity index (χ0v) is 12.1. The number of aromatic nitrogens is 2. The Labute approximate surface area is 119 Å². The van der Waals surface area contributed by atoms with E-state index in [1.807, 2.05) is 26.1 Å². The average molecular weight is 272 g/mol. The molecule has 0 atom stereocenters. The summed E-state index contributed by atoms with van der Waals surface area (Å²) in [6.07, 6.45) is 1.52. The first kappa shape index (κ1) is 14.3. The molecule has 0 bridgehead atoms. The maximum absolute atomic E-state index is 5.78. The molecule has 0 aliphatic carbocycles. The third-order valence-corrected chi connectivity index (χ3v) is 3.31. The normalized spacial score (nSPS) is 10.4. The van der Waals surface area contributed by atoms with Crippen LogP contribution >= 0.6 is 0 Å². The lowest BCUT2D eigenvalue weighted by Crippen LogP contribution is -2.20.